The van der Waals surface area contributed by atoms with Crippen LogP contribution >= 0.6 is 7.82 Å². The molecule has 0 aliphatic rings. The van der Waals surface area contributed by atoms with Crippen molar-refractivity contribution in [3.63, 3.8) is 0 Å². The summed E-state index contributed by atoms with van der Waals surface area (Å²) in [4.78, 5) is 45.3. The molecule has 0 fully saturated rings. The van der Waals surface area contributed by atoms with Crippen LogP contribution in [0.1, 0.15) is 84.5 Å². The van der Waals surface area contributed by atoms with Crippen molar-refractivity contribution in [3.05, 3.63) is 0 Å². The molecule has 0 aromatic carbocycles. The summed E-state index contributed by atoms with van der Waals surface area (Å²) in [5, 5.41) is 0. The van der Waals surface area contributed by atoms with Gasteiger partial charge in [0, 0.05) is 12.3 Å². The van der Waals surface area contributed by atoms with Crippen molar-refractivity contribution in [3.8, 4) is 59.2 Å². The monoisotopic (exact) mass is 574 g/mol. The van der Waals surface area contributed by atoms with Gasteiger partial charge in [0.15, 0.2) is 6.10 Å². The van der Waals surface area contributed by atoms with Gasteiger partial charge in [0.2, 0.25) is 0 Å². The zero-order chi connectivity index (χ0) is 27.6. The van der Waals surface area contributed by atoms with Gasteiger partial charge in [-0.1, -0.05) is 70.6 Å². The van der Waals surface area contributed by atoms with E-state index in [1.165, 1.54) is 38.5 Å². The summed E-state index contributed by atoms with van der Waals surface area (Å²) in [7, 11) is -5.30. The Morgan fingerprint density at radius 1 is 0.744 bits per heavy atom. The van der Waals surface area contributed by atoms with E-state index in [0.717, 1.165) is 19.3 Å². The Hall–Kier alpha value is -1.15. The van der Waals surface area contributed by atoms with E-state index in [0.29, 0.717) is 6.42 Å². The molecule has 0 aliphatic carbocycles. The number of rotatable bonds is 17. The molecule has 0 rings (SSSR count). The number of unbranched alkanes of at least 4 members (excludes halogenated alkanes) is 9. The van der Waals surface area contributed by atoms with Crippen LogP contribution < -0.4 is 68.9 Å². The van der Waals surface area contributed by atoms with Crippen molar-refractivity contribution >= 4 is 19.8 Å². The van der Waals surface area contributed by atoms with Crippen LogP contribution in [-0.2, 0) is 28.2 Å². The molecule has 0 unspecified atom stereocenters. The second-order valence-corrected chi connectivity index (χ2v) is 8.91. The molecular weight excluding hydrogens is 541 g/mol. The molecule has 39 heavy (non-hydrogen) atoms. The fourth-order valence-corrected chi connectivity index (χ4v) is 3.18. The Bertz CT molecular complexity index is 1060. The maximum absolute atomic E-state index is 12.1. The number of carbonyl (C=O) groups is 2. The van der Waals surface area contributed by atoms with Gasteiger partial charge in [-0.2, -0.15) is 0 Å². The Balaban J connectivity index is -0.00000648. The SMILES string of the molecule is CC#CC#CC#CC#CC#CC(=O)OC[C@@H](COP(=O)([O-])[O-])OC(=O)CCCCCCCCCCCC.[Na+].[Na+]. The second-order valence-electron chi connectivity index (χ2n) is 7.76. The molecule has 0 saturated carbocycles. The van der Waals surface area contributed by atoms with Crippen molar-refractivity contribution in [2.75, 3.05) is 13.2 Å². The minimum absolute atomic E-state index is 0. The smallest absolute Gasteiger partial charge is 0.790 e. The van der Waals surface area contributed by atoms with Crippen molar-refractivity contribution < 1.29 is 97.1 Å². The van der Waals surface area contributed by atoms with Gasteiger partial charge < -0.3 is 28.3 Å². The van der Waals surface area contributed by atoms with Crippen molar-refractivity contribution in [2.45, 2.75) is 90.6 Å². The number of phosphoric acid groups is 1. The van der Waals surface area contributed by atoms with Crippen LogP contribution in [0.25, 0.3) is 0 Å². The van der Waals surface area contributed by atoms with E-state index < -0.39 is 39.1 Å². The number of phosphoric ester groups is 1. The molecule has 1 atom stereocenters. The van der Waals surface area contributed by atoms with Crippen LogP contribution in [0.15, 0.2) is 0 Å². The second kappa shape index (κ2) is 29.8. The maximum Gasteiger partial charge on any atom is 1.00 e. The minimum atomic E-state index is -5.30. The molecule has 0 aromatic rings. The molecule has 0 amide bonds. The summed E-state index contributed by atoms with van der Waals surface area (Å²) in [5.41, 5.74) is 0. The number of ether oxygens (including phenoxy) is 2. The van der Waals surface area contributed by atoms with Gasteiger partial charge in [-0.25, -0.2) is 4.79 Å². The first kappa shape index (κ1) is 42.3. The molecule has 0 saturated heterocycles. The Morgan fingerprint density at radius 3 is 1.74 bits per heavy atom. The summed E-state index contributed by atoms with van der Waals surface area (Å²) in [6, 6.07) is 0. The Kier molecular flexibility index (Phi) is 32.4. The standard InChI is InChI=1S/C28H35O8P.2Na/c1-3-5-7-9-11-13-15-17-19-21-23-28(30)36-26(25-35-37(31,32)33)24-34-27(29)22-20-18-16-14-12-10-8-6-4-2;;/h26H,3,5,7,9,11,13,15,17,19,21,23-25H2,1-2H3,(H2,31,32,33);;/q;2*+1/p-2/t26-;;/m0../s1. The van der Waals surface area contributed by atoms with Gasteiger partial charge in [-0.3, -0.25) is 4.79 Å². The van der Waals surface area contributed by atoms with E-state index in [2.05, 4.69) is 70.7 Å². The average Bonchev–Trinajstić information content (AvgIpc) is 2.85. The first-order valence-corrected chi connectivity index (χ1v) is 13.7. The van der Waals surface area contributed by atoms with Crippen LogP contribution in [0.2, 0.25) is 0 Å². The third-order valence-electron chi connectivity index (χ3n) is 4.58. The van der Waals surface area contributed by atoms with Crippen LogP contribution in [0, 0.1) is 59.2 Å². The molecule has 200 valence electrons. The van der Waals surface area contributed by atoms with Crippen molar-refractivity contribution in [1.82, 2.24) is 0 Å². The molecule has 0 N–H and O–H groups in total. The minimum Gasteiger partial charge on any atom is -0.790 e. The predicted molar refractivity (Wildman–Crippen MR) is 135 cm³/mol. The van der Waals surface area contributed by atoms with Gasteiger partial charge >= 0.3 is 71.1 Å². The molecule has 0 spiro atoms. The zero-order valence-electron chi connectivity index (χ0n) is 23.5. The summed E-state index contributed by atoms with van der Waals surface area (Å²) in [5.74, 6) is 22.2. The predicted octanol–water partition coefficient (Wildman–Crippen LogP) is -3.36. The van der Waals surface area contributed by atoms with E-state index in [1.807, 2.05) is 0 Å². The molecule has 0 aliphatic heterocycles. The molecule has 0 aromatic heterocycles. The van der Waals surface area contributed by atoms with E-state index in [4.69, 9.17) is 9.47 Å². The fourth-order valence-electron chi connectivity index (χ4n) is 2.83. The summed E-state index contributed by atoms with van der Waals surface area (Å²) in [6.45, 7) is 2.51. The maximum atomic E-state index is 12.1. The number of hydrogen-bond donors (Lipinski definition) is 0. The van der Waals surface area contributed by atoms with Crippen molar-refractivity contribution in [1.29, 1.82) is 0 Å². The van der Waals surface area contributed by atoms with E-state index >= 15 is 0 Å². The van der Waals surface area contributed by atoms with Gasteiger partial charge in [-0.15, -0.1) is 0 Å². The third-order valence-corrected chi connectivity index (χ3v) is 5.04. The van der Waals surface area contributed by atoms with Gasteiger partial charge in [0.25, 0.3) is 0 Å². The van der Waals surface area contributed by atoms with Crippen LogP contribution in [0.3, 0.4) is 0 Å². The summed E-state index contributed by atoms with van der Waals surface area (Å²) >= 11 is 0. The van der Waals surface area contributed by atoms with Gasteiger partial charge in [0.1, 0.15) is 6.61 Å². The zero-order valence-corrected chi connectivity index (χ0v) is 28.4. The molecule has 11 heteroatoms. The molecule has 0 radical (unpaired) electrons. The average molecular weight is 575 g/mol. The molecule has 0 heterocycles. The number of hydrogen-bond acceptors (Lipinski definition) is 8. The van der Waals surface area contributed by atoms with Crippen LogP contribution in [-0.4, -0.2) is 31.3 Å². The Labute approximate surface area is 277 Å². The van der Waals surface area contributed by atoms with E-state index in [-0.39, 0.29) is 65.5 Å². The fraction of sp³-hybridized carbons (Fsp3) is 0.571. The quantitative estimate of drug-likeness (QED) is 0.0441. The summed E-state index contributed by atoms with van der Waals surface area (Å²) < 4.78 is 24.9. The molecule has 8 nitrogen and oxygen atoms in total. The van der Waals surface area contributed by atoms with E-state index in [1.54, 1.807) is 6.92 Å². The van der Waals surface area contributed by atoms with Gasteiger partial charge in [0.05, 0.1) is 14.4 Å². The third kappa shape index (κ3) is 33.0. The summed E-state index contributed by atoms with van der Waals surface area (Å²) in [6.07, 6.45) is 9.85. The number of esters is 2. The largest absolute Gasteiger partial charge is 1.00 e. The first-order valence-electron chi connectivity index (χ1n) is 12.2. The molecule has 0 bridgehead atoms. The van der Waals surface area contributed by atoms with Gasteiger partial charge in [-0.05, 0) is 60.7 Å². The normalized spacial score (nSPS) is 9.74. The topological polar surface area (TPSA) is 125 Å². The van der Waals surface area contributed by atoms with E-state index in [9.17, 15) is 23.9 Å². The van der Waals surface area contributed by atoms with Crippen LogP contribution in [0.4, 0.5) is 0 Å². The molecular formula is C28H33Na2O8P. The first-order chi connectivity index (χ1) is 17.8. The number of carbonyl (C=O) groups excluding carboxylic acids is 2. The van der Waals surface area contributed by atoms with Crippen LogP contribution in [0.5, 0.6) is 0 Å². The Morgan fingerprint density at radius 2 is 1.23 bits per heavy atom. The van der Waals surface area contributed by atoms with Crippen molar-refractivity contribution in [2.24, 2.45) is 0 Å².